The molecule has 9 heteroatoms. The maximum atomic E-state index is 12.3. The molecule has 1 unspecified atom stereocenters. The summed E-state index contributed by atoms with van der Waals surface area (Å²) in [6, 6.07) is 2.36. The molecule has 5 nitrogen and oxygen atoms in total. The fourth-order valence-corrected chi connectivity index (χ4v) is 2.53. The lowest BCUT2D eigenvalue weighted by molar-refractivity contribution is -0.147. The van der Waals surface area contributed by atoms with E-state index >= 15 is 0 Å². The van der Waals surface area contributed by atoms with Crippen molar-refractivity contribution in [3.63, 3.8) is 0 Å². The van der Waals surface area contributed by atoms with Gasteiger partial charge >= 0.3 is 6.18 Å². The maximum Gasteiger partial charge on any atom is 0.404 e. The van der Waals surface area contributed by atoms with E-state index in [0.29, 0.717) is 6.92 Å². The van der Waals surface area contributed by atoms with Crippen LogP contribution in [0, 0.1) is 0 Å². The van der Waals surface area contributed by atoms with E-state index in [1.54, 1.807) is 0 Å². The highest BCUT2D eigenvalue weighted by Gasteiger charge is 2.38. The van der Waals surface area contributed by atoms with Gasteiger partial charge in [-0.05, 0) is 31.2 Å². The van der Waals surface area contributed by atoms with Gasteiger partial charge in [-0.2, -0.15) is 17.9 Å². The normalized spacial score (nSPS) is 13.8. The number of sulfonamides is 1. The third kappa shape index (κ3) is 3.94. The Morgan fingerprint density at radius 2 is 1.70 bits per heavy atom. The molecule has 20 heavy (non-hydrogen) atoms. The number of alkyl halides is 3. The van der Waals surface area contributed by atoms with Crippen molar-refractivity contribution in [3.8, 4) is 0 Å². The standard InChI is InChI=1S/C11H13F3N2O3S/c1-7(11(12,13)14)16-20(18,19)9-5-3-8(4-6-9)10(17)15-2/h3-7,16H,1-2H3,(H,15,17). The van der Waals surface area contributed by atoms with Crippen LogP contribution in [-0.4, -0.2) is 33.6 Å². The second-order valence-electron chi connectivity index (χ2n) is 3.99. The Morgan fingerprint density at radius 1 is 1.20 bits per heavy atom. The number of carbonyl (C=O) groups is 1. The topological polar surface area (TPSA) is 75.3 Å². The Balaban J connectivity index is 2.97. The smallest absolute Gasteiger partial charge is 0.355 e. The van der Waals surface area contributed by atoms with Crippen molar-refractivity contribution in [2.75, 3.05) is 7.05 Å². The summed E-state index contributed by atoms with van der Waals surface area (Å²) in [5.41, 5.74) is 0.204. The lowest BCUT2D eigenvalue weighted by Crippen LogP contribution is -2.42. The molecule has 1 aromatic carbocycles. The van der Waals surface area contributed by atoms with Crippen molar-refractivity contribution in [2.45, 2.75) is 24.0 Å². The highest BCUT2D eigenvalue weighted by molar-refractivity contribution is 7.89. The summed E-state index contributed by atoms with van der Waals surface area (Å²) in [5, 5.41) is 2.34. The van der Waals surface area contributed by atoms with Gasteiger partial charge in [0.05, 0.1) is 4.90 Å². The number of amides is 1. The minimum absolute atomic E-state index is 0.204. The Kier molecular flexibility index (Phi) is 4.77. The lowest BCUT2D eigenvalue weighted by Gasteiger charge is -2.17. The zero-order chi connectivity index (χ0) is 15.6. The molecule has 0 aliphatic heterocycles. The molecule has 2 N–H and O–H groups in total. The molecule has 0 bridgehead atoms. The monoisotopic (exact) mass is 310 g/mol. The summed E-state index contributed by atoms with van der Waals surface area (Å²) >= 11 is 0. The molecule has 0 radical (unpaired) electrons. The number of halogens is 3. The number of nitrogens with one attached hydrogen (secondary N) is 2. The Bertz CT molecular complexity index is 582. The van der Waals surface area contributed by atoms with E-state index in [-0.39, 0.29) is 10.5 Å². The zero-order valence-electron chi connectivity index (χ0n) is 10.7. The van der Waals surface area contributed by atoms with Gasteiger partial charge in [-0.3, -0.25) is 4.79 Å². The minimum Gasteiger partial charge on any atom is -0.355 e. The van der Waals surface area contributed by atoms with Crippen LogP contribution in [0.1, 0.15) is 17.3 Å². The summed E-state index contributed by atoms with van der Waals surface area (Å²) in [4.78, 5) is 10.9. The van der Waals surface area contributed by atoms with Gasteiger partial charge in [-0.15, -0.1) is 0 Å². The van der Waals surface area contributed by atoms with Crippen LogP contribution in [-0.2, 0) is 10.0 Å². The van der Waals surface area contributed by atoms with E-state index in [1.165, 1.54) is 23.9 Å². The molecule has 0 saturated heterocycles. The van der Waals surface area contributed by atoms with Crippen LogP contribution in [0.3, 0.4) is 0 Å². The fraction of sp³-hybridized carbons (Fsp3) is 0.364. The predicted octanol–water partition coefficient (Wildman–Crippen LogP) is 1.28. The van der Waals surface area contributed by atoms with E-state index < -0.39 is 28.1 Å². The van der Waals surface area contributed by atoms with E-state index in [4.69, 9.17) is 0 Å². The molecule has 0 aliphatic carbocycles. The van der Waals surface area contributed by atoms with Crippen molar-refractivity contribution in [3.05, 3.63) is 29.8 Å². The second-order valence-corrected chi connectivity index (χ2v) is 5.70. The molecule has 112 valence electrons. The van der Waals surface area contributed by atoms with Gasteiger partial charge in [0, 0.05) is 12.6 Å². The first kappa shape index (κ1) is 16.4. The largest absolute Gasteiger partial charge is 0.404 e. The fourth-order valence-electron chi connectivity index (χ4n) is 1.30. The lowest BCUT2D eigenvalue weighted by atomic mass is 10.2. The number of carbonyl (C=O) groups excluding carboxylic acids is 1. The molecule has 0 aromatic heterocycles. The summed E-state index contributed by atoms with van der Waals surface area (Å²) in [7, 11) is -2.89. The zero-order valence-corrected chi connectivity index (χ0v) is 11.5. The number of hydrogen-bond donors (Lipinski definition) is 2. The highest BCUT2D eigenvalue weighted by Crippen LogP contribution is 2.21. The first-order valence-corrected chi connectivity index (χ1v) is 6.97. The summed E-state index contributed by atoms with van der Waals surface area (Å²) < 4.78 is 62.0. The summed E-state index contributed by atoms with van der Waals surface area (Å²) in [5.74, 6) is -0.425. The van der Waals surface area contributed by atoms with Gasteiger partial charge in [-0.25, -0.2) is 8.42 Å². The van der Waals surface area contributed by atoms with E-state index in [1.807, 2.05) is 0 Å². The van der Waals surface area contributed by atoms with Gasteiger partial charge in [0.1, 0.15) is 6.04 Å². The van der Waals surface area contributed by atoms with Crippen molar-refractivity contribution < 1.29 is 26.4 Å². The molecule has 0 heterocycles. The molecular formula is C11H13F3N2O3S. The van der Waals surface area contributed by atoms with Gasteiger partial charge in [0.15, 0.2) is 0 Å². The average molecular weight is 310 g/mol. The summed E-state index contributed by atoms with van der Waals surface area (Å²) in [6.45, 7) is 0.705. The van der Waals surface area contributed by atoms with E-state index in [9.17, 15) is 26.4 Å². The number of rotatable bonds is 4. The molecule has 0 aliphatic rings. The maximum absolute atomic E-state index is 12.3. The van der Waals surface area contributed by atoms with Gasteiger partial charge in [-0.1, -0.05) is 0 Å². The SMILES string of the molecule is CNC(=O)c1ccc(S(=O)(=O)NC(C)C(F)(F)F)cc1. The quantitative estimate of drug-likeness (QED) is 0.879. The molecule has 1 amide bonds. The molecule has 0 fully saturated rings. The Labute approximate surface area is 114 Å². The van der Waals surface area contributed by atoms with Crippen molar-refractivity contribution in [1.29, 1.82) is 0 Å². The molecule has 1 rings (SSSR count). The molecular weight excluding hydrogens is 297 g/mol. The highest BCUT2D eigenvalue weighted by atomic mass is 32.2. The second kappa shape index (κ2) is 5.80. The predicted molar refractivity (Wildman–Crippen MR) is 65.7 cm³/mol. The minimum atomic E-state index is -4.67. The van der Waals surface area contributed by atoms with E-state index in [0.717, 1.165) is 12.1 Å². The van der Waals surface area contributed by atoms with Crippen LogP contribution in [0.25, 0.3) is 0 Å². The average Bonchev–Trinajstić information content (AvgIpc) is 2.36. The van der Waals surface area contributed by atoms with Crippen molar-refractivity contribution in [1.82, 2.24) is 10.0 Å². The van der Waals surface area contributed by atoms with Crippen LogP contribution >= 0.6 is 0 Å². The van der Waals surface area contributed by atoms with Crippen LogP contribution in [0.4, 0.5) is 13.2 Å². The van der Waals surface area contributed by atoms with Crippen LogP contribution in [0.15, 0.2) is 29.2 Å². The van der Waals surface area contributed by atoms with Crippen molar-refractivity contribution >= 4 is 15.9 Å². The Hall–Kier alpha value is -1.61. The number of hydrogen-bond acceptors (Lipinski definition) is 3. The van der Waals surface area contributed by atoms with Gasteiger partial charge in [0.25, 0.3) is 5.91 Å². The van der Waals surface area contributed by atoms with Crippen LogP contribution in [0.5, 0.6) is 0 Å². The third-order valence-corrected chi connectivity index (χ3v) is 4.03. The first-order chi connectivity index (χ1) is 9.08. The van der Waals surface area contributed by atoms with Crippen LogP contribution in [0.2, 0.25) is 0 Å². The number of benzene rings is 1. The van der Waals surface area contributed by atoms with E-state index in [2.05, 4.69) is 5.32 Å². The Morgan fingerprint density at radius 3 is 2.10 bits per heavy atom. The van der Waals surface area contributed by atoms with Gasteiger partial charge < -0.3 is 5.32 Å². The molecule has 1 atom stereocenters. The van der Waals surface area contributed by atoms with Crippen molar-refractivity contribution in [2.24, 2.45) is 0 Å². The summed E-state index contributed by atoms with van der Waals surface area (Å²) in [6.07, 6.45) is -4.67. The van der Waals surface area contributed by atoms with Gasteiger partial charge in [0.2, 0.25) is 10.0 Å². The first-order valence-electron chi connectivity index (χ1n) is 5.49. The third-order valence-electron chi connectivity index (χ3n) is 2.48. The molecule has 0 saturated carbocycles. The van der Waals surface area contributed by atoms with Crippen LogP contribution < -0.4 is 10.0 Å². The molecule has 1 aromatic rings. The molecule has 0 spiro atoms.